The molecule has 1 aromatic heterocycles. The molecular weight excluding hydrogens is 414 g/mol. The molecule has 0 aliphatic carbocycles. The van der Waals surface area contributed by atoms with Crippen molar-refractivity contribution < 1.29 is 14.3 Å². The molecule has 0 aliphatic heterocycles. The Labute approximate surface area is 188 Å². The molecule has 0 saturated carbocycles. The summed E-state index contributed by atoms with van der Waals surface area (Å²) >= 11 is 6.03. The molecule has 0 unspecified atom stereocenters. The van der Waals surface area contributed by atoms with E-state index in [4.69, 9.17) is 26.2 Å². The average molecular weight is 442 g/mol. The molecular formula is C24H28ClN3O3. The Kier molecular flexibility index (Phi) is 7.71. The van der Waals surface area contributed by atoms with E-state index >= 15 is 0 Å². The monoisotopic (exact) mass is 441 g/mol. The largest absolute Gasteiger partial charge is 0.439 e. The first kappa shape index (κ1) is 22.8. The normalized spacial score (nSPS) is 11.0. The highest BCUT2D eigenvalue weighted by Gasteiger charge is 2.24. The third-order valence-corrected chi connectivity index (χ3v) is 5.14. The van der Waals surface area contributed by atoms with E-state index in [1.807, 2.05) is 63.2 Å². The van der Waals surface area contributed by atoms with Gasteiger partial charge < -0.3 is 14.4 Å². The zero-order chi connectivity index (χ0) is 22.4. The highest BCUT2D eigenvalue weighted by molar-refractivity contribution is 6.30. The maximum Gasteiger partial charge on any atom is 0.227 e. The van der Waals surface area contributed by atoms with E-state index in [0.29, 0.717) is 36.3 Å². The van der Waals surface area contributed by atoms with Gasteiger partial charge in [-0.25, -0.2) is 4.68 Å². The number of carbonyl (C=O) groups is 1. The maximum atomic E-state index is 12.8. The van der Waals surface area contributed by atoms with Crippen LogP contribution in [0.5, 0.6) is 11.6 Å². The SMILES string of the molecule is COCCN(Cc1c(C)nn(-c2ccccc2)c1Oc1ccc(Cl)cc1)C(=O)C(C)C. The van der Waals surface area contributed by atoms with Gasteiger partial charge in [-0.05, 0) is 43.3 Å². The minimum absolute atomic E-state index is 0.0568. The van der Waals surface area contributed by atoms with Gasteiger partial charge >= 0.3 is 0 Å². The average Bonchev–Trinajstić information content (AvgIpc) is 3.07. The number of hydrogen-bond donors (Lipinski definition) is 0. The van der Waals surface area contributed by atoms with Crippen molar-refractivity contribution in [2.75, 3.05) is 20.3 Å². The third kappa shape index (κ3) is 5.66. The van der Waals surface area contributed by atoms with Crippen molar-refractivity contribution >= 4 is 17.5 Å². The molecule has 0 saturated heterocycles. The number of aromatic nitrogens is 2. The molecule has 6 nitrogen and oxygen atoms in total. The summed E-state index contributed by atoms with van der Waals surface area (Å²) in [6.07, 6.45) is 0. The number of para-hydroxylation sites is 1. The lowest BCUT2D eigenvalue weighted by atomic mass is 10.1. The number of halogens is 1. The minimum Gasteiger partial charge on any atom is -0.439 e. The Morgan fingerprint density at radius 3 is 2.42 bits per heavy atom. The number of rotatable bonds is 9. The van der Waals surface area contributed by atoms with Crippen molar-refractivity contribution in [2.45, 2.75) is 27.3 Å². The van der Waals surface area contributed by atoms with E-state index in [9.17, 15) is 4.79 Å². The van der Waals surface area contributed by atoms with Gasteiger partial charge in [-0.15, -0.1) is 0 Å². The predicted molar refractivity (Wildman–Crippen MR) is 122 cm³/mol. The molecule has 0 spiro atoms. The van der Waals surface area contributed by atoms with Crippen molar-refractivity contribution in [1.82, 2.24) is 14.7 Å². The van der Waals surface area contributed by atoms with E-state index in [0.717, 1.165) is 16.9 Å². The Morgan fingerprint density at radius 2 is 1.81 bits per heavy atom. The number of carbonyl (C=O) groups excluding carboxylic acids is 1. The second-order valence-corrected chi connectivity index (χ2v) is 8.02. The Morgan fingerprint density at radius 1 is 1.13 bits per heavy atom. The summed E-state index contributed by atoms with van der Waals surface area (Å²) in [4.78, 5) is 14.6. The van der Waals surface area contributed by atoms with Crippen LogP contribution >= 0.6 is 11.6 Å². The van der Waals surface area contributed by atoms with Crippen LogP contribution in [0.3, 0.4) is 0 Å². The standard InChI is InChI=1S/C24H28ClN3O3/c1-17(2)23(29)27(14-15-30-4)16-22-18(3)26-28(20-8-6-5-7-9-20)24(22)31-21-12-10-19(25)11-13-21/h5-13,17H,14-16H2,1-4H3. The highest BCUT2D eigenvalue weighted by Crippen LogP contribution is 2.32. The maximum absolute atomic E-state index is 12.8. The quantitative estimate of drug-likeness (QED) is 0.454. The molecule has 31 heavy (non-hydrogen) atoms. The smallest absolute Gasteiger partial charge is 0.227 e. The lowest BCUT2D eigenvalue weighted by Gasteiger charge is -2.24. The number of benzene rings is 2. The molecule has 0 fully saturated rings. The minimum atomic E-state index is -0.123. The molecule has 0 bridgehead atoms. The summed E-state index contributed by atoms with van der Waals surface area (Å²) in [5.41, 5.74) is 2.52. The van der Waals surface area contributed by atoms with Gasteiger partial charge in [-0.2, -0.15) is 5.10 Å². The molecule has 2 aromatic carbocycles. The lowest BCUT2D eigenvalue weighted by Crippen LogP contribution is -2.36. The first-order chi connectivity index (χ1) is 14.9. The molecule has 164 valence electrons. The van der Waals surface area contributed by atoms with Gasteiger partial charge in [0.05, 0.1) is 30.1 Å². The predicted octanol–water partition coefficient (Wildman–Crippen LogP) is 5.26. The summed E-state index contributed by atoms with van der Waals surface area (Å²) < 4.78 is 13.3. The van der Waals surface area contributed by atoms with Crippen LogP contribution < -0.4 is 4.74 Å². The summed E-state index contributed by atoms with van der Waals surface area (Å²) in [5, 5.41) is 5.36. The molecule has 7 heteroatoms. The zero-order valence-corrected chi connectivity index (χ0v) is 19.1. The lowest BCUT2D eigenvalue weighted by molar-refractivity contribution is -0.135. The van der Waals surface area contributed by atoms with Gasteiger partial charge in [-0.3, -0.25) is 4.79 Å². The van der Waals surface area contributed by atoms with E-state index in [1.165, 1.54) is 0 Å². The first-order valence-electron chi connectivity index (χ1n) is 10.3. The van der Waals surface area contributed by atoms with Gasteiger partial charge in [0.1, 0.15) is 5.75 Å². The second kappa shape index (κ2) is 10.5. The fourth-order valence-corrected chi connectivity index (χ4v) is 3.33. The summed E-state index contributed by atoms with van der Waals surface area (Å²) in [6, 6.07) is 17.0. The molecule has 3 rings (SSSR count). The van der Waals surface area contributed by atoms with Crippen LogP contribution in [0.2, 0.25) is 5.02 Å². The van der Waals surface area contributed by atoms with Crippen molar-refractivity contribution in [3.05, 3.63) is 70.9 Å². The summed E-state index contributed by atoms with van der Waals surface area (Å²) in [7, 11) is 1.63. The number of ether oxygens (including phenoxy) is 2. The number of amides is 1. The zero-order valence-electron chi connectivity index (χ0n) is 18.3. The third-order valence-electron chi connectivity index (χ3n) is 4.89. The van der Waals surface area contributed by atoms with E-state index in [2.05, 4.69) is 0 Å². The molecule has 0 radical (unpaired) electrons. The number of hydrogen-bond acceptors (Lipinski definition) is 4. The number of nitrogens with zero attached hydrogens (tertiary/aromatic N) is 3. The Balaban J connectivity index is 2.04. The van der Waals surface area contributed by atoms with Gasteiger partial charge in [0.25, 0.3) is 0 Å². The summed E-state index contributed by atoms with van der Waals surface area (Å²) in [5.74, 6) is 1.15. The van der Waals surface area contributed by atoms with Crippen LogP contribution in [0.15, 0.2) is 54.6 Å². The first-order valence-corrected chi connectivity index (χ1v) is 10.6. The van der Waals surface area contributed by atoms with Crippen LogP contribution in [0.4, 0.5) is 0 Å². The van der Waals surface area contributed by atoms with Gasteiger partial charge in [0.2, 0.25) is 11.8 Å². The van der Waals surface area contributed by atoms with Gasteiger partial charge in [0.15, 0.2) is 0 Å². The van der Waals surface area contributed by atoms with Crippen LogP contribution in [-0.4, -0.2) is 40.8 Å². The molecule has 0 N–H and O–H groups in total. The molecule has 1 amide bonds. The topological polar surface area (TPSA) is 56.6 Å². The highest BCUT2D eigenvalue weighted by atomic mass is 35.5. The van der Waals surface area contributed by atoms with E-state index < -0.39 is 0 Å². The molecule has 0 atom stereocenters. The van der Waals surface area contributed by atoms with Crippen LogP contribution in [-0.2, 0) is 16.1 Å². The van der Waals surface area contributed by atoms with Crippen molar-refractivity contribution in [1.29, 1.82) is 0 Å². The Bertz CT molecular complexity index is 1000. The fourth-order valence-electron chi connectivity index (χ4n) is 3.21. The molecule has 1 heterocycles. The summed E-state index contributed by atoms with van der Waals surface area (Å²) in [6.45, 7) is 7.04. The van der Waals surface area contributed by atoms with Crippen LogP contribution in [0.1, 0.15) is 25.1 Å². The number of aryl methyl sites for hydroxylation is 1. The van der Waals surface area contributed by atoms with Crippen LogP contribution in [0, 0.1) is 12.8 Å². The second-order valence-electron chi connectivity index (χ2n) is 7.58. The number of methoxy groups -OCH3 is 1. The van der Waals surface area contributed by atoms with E-state index in [1.54, 1.807) is 28.8 Å². The van der Waals surface area contributed by atoms with E-state index in [-0.39, 0.29) is 11.8 Å². The van der Waals surface area contributed by atoms with Gasteiger partial charge in [0, 0.05) is 24.6 Å². The van der Waals surface area contributed by atoms with Crippen molar-refractivity contribution in [3.63, 3.8) is 0 Å². The van der Waals surface area contributed by atoms with Gasteiger partial charge in [-0.1, -0.05) is 43.6 Å². The molecule has 0 aliphatic rings. The van der Waals surface area contributed by atoms with Crippen molar-refractivity contribution in [3.8, 4) is 17.3 Å². The Hall–Kier alpha value is -2.83. The molecule has 3 aromatic rings. The van der Waals surface area contributed by atoms with Crippen LogP contribution in [0.25, 0.3) is 5.69 Å². The van der Waals surface area contributed by atoms with Crippen molar-refractivity contribution in [2.24, 2.45) is 5.92 Å². The fraction of sp³-hybridized carbons (Fsp3) is 0.333.